The number of piperidine rings is 1. The molecule has 2 aliphatic rings. The lowest BCUT2D eigenvalue weighted by molar-refractivity contribution is -0.137. The van der Waals surface area contributed by atoms with Crippen molar-refractivity contribution in [3.8, 4) is 16.8 Å². The molecule has 2 fully saturated rings. The van der Waals surface area contributed by atoms with E-state index >= 15 is 0 Å². The summed E-state index contributed by atoms with van der Waals surface area (Å²) in [6.45, 7) is 1.17. The second kappa shape index (κ2) is 8.63. The molecule has 0 radical (unpaired) electrons. The maximum Gasteiger partial charge on any atom is 0.264 e. The molecule has 0 atom stereocenters. The van der Waals surface area contributed by atoms with Gasteiger partial charge in [0, 0.05) is 30.8 Å². The van der Waals surface area contributed by atoms with Crippen LogP contribution in [-0.2, 0) is 11.3 Å². The zero-order valence-electron chi connectivity index (χ0n) is 20.8. The molecule has 0 bridgehead atoms. The lowest BCUT2D eigenvalue weighted by atomic mass is 9.91. The van der Waals surface area contributed by atoms with Gasteiger partial charge in [0.2, 0.25) is 5.91 Å². The zero-order chi connectivity index (χ0) is 25.9. The van der Waals surface area contributed by atoms with E-state index in [2.05, 4.69) is 15.2 Å². The summed E-state index contributed by atoms with van der Waals surface area (Å²) in [4.78, 5) is 32.0. The Morgan fingerprint density at radius 3 is 2.58 bits per heavy atom. The number of amides is 1. The molecule has 7 rings (SSSR count). The van der Waals surface area contributed by atoms with E-state index in [1.807, 2.05) is 64.3 Å². The van der Waals surface area contributed by atoms with Gasteiger partial charge in [0.25, 0.3) is 5.56 Å². The molecule has 0 unspecified atom stereocenters. The van der Waals surface area contributed by atoms with Crippen LogP contribution in [0.15, 0.2) is 72.2 Å². The lowest BCUT2D eigenvalue weighted by Gasteiger charge is -2.38. The highest BCUT2D eigenvalue weighted by Crippen LogP contribution is 2.33. The molecule has 1 aliphatic carbocycles. The molecule has 5 aromatic rings. The Balaban J connectivity index is 1.12. The number of likely N-dealkylation sites (tertiary alicyclic amines) is 1. The minimum Gasteiger partial charge on any atom is -0.388 e. The number of nitrogens with zero attached hydrogens (tertiary/aromatic N) is 7. The molecule has 0 spiro atoms. The Kier molecular flexibility index (Phi) is 5.19. The van der Waals surface area contributed by atoms with Crippen LogP contribution in [0.2, 0.25) is 0 Å². The monoisotopic (exact) mass is 509 g/mol. The number of benzene rings is 1. The highest BCUT2D eigenvalue weighted by Gasteiger charge is 2.39. The van der Waals surface area contributed by atoms with Crippen molar-refractivity contribution >= 4 is 22.5 Å². The van der Waals surface area contributed by atoms with Crippen molar-refractivity contribution in [2.45, 2.75) is 37.8 Å². The van der Waals surface area contributed by atoms with Gasteiger partial charge in [-0.2, -0.15) is 10.2 Å². The normalized spacial score (nSPS) is 17.3. The molecule has 1 saturated carbocycles. The Bertz CT molecular complexity index is 1720. The molecule has 4 aromatic heterocycles. The molecular weight excluding hydrogens is 482 g/mol. The predicted molar refractivity (Wildman–Crippen MR) is 141 cm³/mol. The summed E-state index contributed by atoms with van der Waals surface area (Å²) in [5.41, 5.74) is 3.04. The summed E-state index contributed by atoms with van der Waals surface area (Å²) < 4.78 is 4.95. The van der Waals surface area contributed by atoms with E-state index in [0.717, 1.165) is 35.2 Å². The fraction of sp³-hybridized carbons (Fsp3) is 0.321. The quantitative estimate of drug-likeness (QED) is 0.390. The van der Waals surface area contributed by atoms with Crippen LogP contribution < -0.4 is 5.56 Å². The lowest BCUT2D eigenvalue weighted by Crippen LogP contribution is -2.50. The first-order chi connectivity index (χ1) is 18.5. The van der Waals surface area contributed by atoms with Crippen LogP contribution in [0.25, 0.3) is 33.4 Å². The summed E-state index contributed by atoms with van der Waals surface area (Å²) >= 11 is 0. The minimum absolute atomic E-state index is 0.139. The van der Waals surface area contributed by atoms with Crippen LogP contribution in [0.1, 0.15) is 25.7 Å². The molecule has 5 heterocycles. The smallest absolute Gasteiger partial charge is 0.264 e. The van der Waals surface area contributed by atoms with Gasteiger partial charge in [0.15, 0.2) is 5.65 Å². The van der Waals surface area contributed by atoms with Gasteiger partial charge in [-0.25, -0.2) is 14.2 Å². The van der Waals surface area contributed by atoms with Crippen molar-refractivity contribution in [3.63, 3.8) is 0 Å². The zero-order valence-corrected chi connectivity index (χ0v) is 20.8. The number of pyridine rings is 1. The first-order valence-electron chi connectivity index (χ1n) is 13.0. The Morgan fingerprint density at radius 1 is 1.03 bits per heavy atom. The third-order valence-corrected chi connectivity index (χ3v) is 7.80. The number of carbonyl (C=O) groups is 1. The van der Waals surface area contributed by atoms with E-state index in [1.54, 1.807) is 4.68 Å². The van der Waals surface area contributed by atoms with Crippen LogP contribution in [0.4, 0.5) is 0 Å². The predicted octanol–water partition coefficient (Wildman–Crippen LogP) is 2.66. The van der Waals surface area contributed by atoms with E-state index < -0.39 is 5.60 Å². The molecule has 10 heteroatoms. The molecule has 1 N–H and O–H groups in total. The summed E-state index contributed by atoms with van der Waals surface area (Å²) in [5, 5.41) is 20.4. The van der Waals surface area contributed by atoms with Crippen molar-refractivity contribution in [1.82, 2.24) is 33.8 Å². The molecule has 1 aromatic carbocycles. The van der Waals surface area contributed by atoms with Crippen molar-refractivity contribution in [2.24, 2.45) is 5.92 Å². The Hall–Kier alpha value is -4.31. The minimum atomic E-state index is -1.05. The van der Waals surface area contributed by atoms with Gasteiger partial charge < -0.3 is 10.0 Å². The van der Waals surface area contributed by atoms with E-state index in [0.29, 0.717) is 37.0 Å². The number of aliphatic hydroxyl groups is 1. The van der Waals surface area contributed by atoms with E-state index in [4.69, 9.17) is 0 Å². The first-order valence-corrected chi connectivity index (χ1v) is 13.0. The van der Waals surface area contributed by atoms with E-state index in [1.165, 1.54) is 17.1 Å². The van der Waals surface area contributed by atoms with Crippen molar-refractivity contribution in [3.05, 3.63) is 77.7 Å². The summed E-state index contributed by atoms with van der Waals surface area (Å²) in [7, 11) is 0. The Morgan fingerprint density at radius 2 is 1.82 bits per heavy atom. The Labute approximate surface area is 217 Å². The van der Waals surface area contributed by atoms with E-state index in [9.17, 15) is 14.7 Å². The highest BCUT2D eigenvalue weighted by atomic mass is 16.3. The second-order valence-corrected chi connectivity index (χ2v) is 10.4. The van der Waals surface area contributed by atoms with Gasteiger partial charge in [-0.15, -0.1) is 0 Å². The standard InChI is InChI=1S/C28H27N7O3/c36-26(20-4-5-20)32-13-10-28(38,11-14-32)17-33-18-29-25-23(27(33)37)16-31-35(25)21-8-6-19(7-9-21)22-15-30-34-12-2-1-3-24(22)34/h1-3,6-9,12,15-16,18,20,38H,4-5,10-11,13-14,17H2. The first kappa shape index (κ1) is 22.9. The molecule has 192 valence electrons. The average Bonchev–Trinajstić information content (AvgIpc) is 3.56. The largest absolute Gasteiger partial charge is 0.388 e. The van der Waals surface area contributed by atoms with E-state index in [-0.39, 0.29) is 23.9 Å². The van der Waals surface area contributed by atoms with Crippen LogP contribution in [-0.4, -0.2) is 63.5 Å². The van der Waals surface area contributed by atoms with Crippen LogP contribution >= 0.6 is 0 Å². The van der Waals surface area contributed by atoms with Crippen molar-refractivity contribution < 1.29 is 9.90 Å². The molecule has 1 saturated heterocycles. The van der Waals surface area contributed by atoms with Gasteiger partial charge in [0.1, 0.15) is 11.7 Å². The topological polar surface area (TPSA) is 111 Å². The van der Waals surface area contributed by atoms with Gasteiger partial charge in [-0.1, -0.05) is 18.2 Å². The summed E-state index contributed by atoms with van der Waals surface area (Å²) in [6, 6.07) is 13.9. The van der Waals surface area contributed by atoms with Gasteiger partial charge in [0.05, 0.1) is 35.7 Å². The van der Waals surface area contributed by atoms with Crippen LogP contribution in [0, 0.1) is 5.92 Å². The molecule has 10 nitrogen and oxygen atoms in total. The number of aromatic nitrogens is 6. The highest BCUT2D eigenvalue weighted by molar-refractivity contribution is 5.81. The fourth-order valence-corrected chi connectivity index (χ4v) is 5.40. The maximum atomic E-state index is 13.3. The number of hydrogen-bond acceptors (Lipinski definition) is 6. The SMILES string of the molecule is O=C(C1CC1)N1CCC(O)(Cn2cnc3c(cnn3-c3ccc(-c4cnn5ccccc45)cc3)c2=O)CC1. The maximum absolute atomic E-state index is 13.3. The molecular formula is C28H27N7O3. The molecule has 38 heavy (non-hydrogen) atoms. The number of rotatable bonds is 5. The second-order valence-electron chi connectivity index (χ2n) is 10.4. The summed E-state index contributed by atoms with van der Waals surface area (Å²) in [5.74, 6) is 0.376. The number of carbonyl (C=O) groups excluding carboxylic acids is 1. The van der Waals surface area contributed by atoms with Crippen molar-refractivity contribution in [1.29, 1.82) is 0 Å². The third-order valence-electron chi connectivity index (χ3n) is 7.80. The molecule has 1 amide bonds. The summed E-state index contributed by atoms with van der Waals surface area (Å²) in [6.07, 6.45) is 9.60. The average molecular weight is 510 g/mol. The number of hydrogen-bond donors (Lipinski definition) is 1. The van der Waals surface area contributed by atoms with Crippen LogP contribution in [0.3, 0.4) is 0 Å². The fourth-order valence-electron chi connectivity index (χ4n) is 5.40. The van der Waals surface area contributed by atoms with Crippen molar-refractivity contribution in [2.75, 3.05) is 13.1 Å². The third kappa shape index (κ3) is 3.88. The van der Waals surface area contributed by atoms with Gasteiger partial charge in [-0.05, 0) is 55.5 Å². The molecule has 1 aliphatic heterocycles. The number of fused-ring (bicyclic) bond motifs is 2. The van der Waals surface area contributed by atoms with Gasteiger partial charge in [-0.3, -0.25) is 14.2 Å². The van der Waals surface area contributed by atoms with Crippen LogP contribution in [0.5, 0.6) is 0 Å². The van der Waals surface area contributed by atoms with Gasteiger partial charge >= 0.3 is 0 Å².